The second kappa shape index (κ2) is 4.27. The Hall–Kier alpha value is -2.57. The molecule has 19 heavy (non-hydrogen) atoms. The summed E-state index contributed by atoms with van der Waals surface area (Å²) in [6.45, 7) is 2.23. The Morgan fingerprint density at radius 1 is 1.53 bits per heavy atom. The molecular weight excluding hydrogens is 250 g/mol. The number of fused-ring (bicyclic) bond motifs is 1. The zero-order chi connectivity index (χ0) is 13.4. The molecule has 0 fully saturated rings. The fourth-order valence-electron chi connectivity index (χ4n) is 1.98. The zero-order valence-electron chi connectivity index (χ0n) is 10.1. The van der Waals surface area contributed by atoms with E-state index in [2.05, 4.69) is 15.8 Å². The second-order valence-electron chi connectivity index (χ2n) is 4.23. The van der Waals surface area contributed by atoms with Gasteiger partial charge in [0.2, 0.25) is 0 Å². The van der Waals surface area contributed by atoms with Gasteiger partial charge in [-0.15, -0.1) is 0 Å². The van der Waals surface area contributed by atoms with Crippen LogP contribution in [0.25, 0.3) is 0 Å². The molecule has 2 aromatic rings. The van der Waals surface area contributed by atoms with Crippen LogP contribution in [0.5, 0.6) is 0 Å². The smallest absolute Gasteiger partial charge is 0.260 e. The molecule has 2 amide bonds. The standard InChI is InChI=1S/C12H11N3O4/c1-6-4-9(15-19-6)14-11(16)7-5-18-8-2-3-13-12(17)10(7)8/h4-5H,2-3H2,1H3,(H,13,17)(H,14,15,16). The number of carbonyl (C=O) groups is 2. The van der Waals surface area contributed by atoms with E-state index >= 15 is 0 Å². The van der Waals surface area contributed by atoms with Crippen LogP contribution in [-0.4, -0.2) is 23.5 Å². The van der Waals surface area contributed by atoms with Crippen LogP contribution in [0.2, 0.25) is 0 Å². The van der Waals surface area contributed by atoms with E-state index in [1.165, 1.54) is 6.26 Å². The van der Waals surface area contributed by atoms with Crippen molar-refractivity contribution in [1.82, 2.24) is 10.5 Å². The largest absolute Gasteiger partial charge is 0.468 e. The molecule has 0 atom stereocenters. The van der Waals surface area contributed by atoms with Crippen molar-refractivity contribution in [2.75, 3.05) is 11.9 Å². The Morgan fingerprint density at radius 2 is 2.37 bits per heavy atom. The van der Waals surface area contributed by atoms with E-state index in [1.807, 2.05) is 0 Å². The average molecular weight is 261 g/mol. The van der Waals surface area contributed by atoms with Crippen molar-refractivity contribution >= 4 is 17.6 Å². The number of hydrogen-bond acceptors (Lipinski definition) is 5. The number of nitrogens with zero attached hydrogens (tertiary/aromatic N) is 1. The highest BCUT2D eigenvalue weighted by Crippen LogP contribution is 2.21. The van der Waals surface area contributed by atoms with Gasteiger partial charge >= 0.3 is 0 Å². The number of carbonyl (C=O) groups excluding carboxylic acids is 2. The Bertz CT molecular complexity index is 656. The lowest BCUT2D eigenvalue weighted by atomic mass is 10.0. The van der Waals surface area contributed by atoms with Crippen LogP contribution in [0.1, 0.15) is 32.2 Å². The molecule has 0 bridgehead atoms. The maximum atomic E-state index is 12.1. The van der Waals surface area contributed by atoms with Gasteiger partial charge in [0.05, 0.1) is 11.1 Å². The van der Waals surface area contributed by atoms with Crippen molar-refractivity contribution in [3.8, 4) is 0 Å². The number of furan rings is 1. The predicted octanol–water partition coefficient (Wildman–Crippen LogP) is 1.11. The molecule has 7 nitrogen and oxygen atoms in total. The molecule has 3 rings (SSSR count). The van der Waals surface area contributed by atoms with Crippen LogP contribution in [0, 0.1) is 6.92 Å². The first kappa shape index (κ1) is 11.5. The van der Waals surface area contributed by atoms with E-state index in [-0.39, 0.29) is 11.5 Å². The minimum absolute atomic E-state index is 0.202. The lowest BCUT2D eigenvalue weighted by Gasteiger charge is -2.11. The third kappa shape index (κ3) is 1.99. The molecule has 2 N–H and O–H groups in total. The highest BCUT2D eigenvalue weighted by molar-refractivity contribution is 6.12. The van der Waals surface area contributed by atoms with Gasteiger partial charge in [-0.2, -0.15) is 0 Å². The van der Waals surface area contributed by atoms with Crippen LogP contribution in [0.3, 0.4) is 0 Å². The van der Waals surface area contributed by atoms with Gasteiger partial charge in [-0.25, -0.2) is 0 Å². The topological polar surface area (TPSA) is 97.4 Å². The molecule has 0 saturated carbocycles. The number of aryl methyl sites for hydroxylation is 1. The molecule has 1 aliphatic heterocycles. The maximum Gasteiger partial charge on any atom is 0.260 e. The predicted molar refractivity (Wildman–Crippen MR) is 63.9 cm³/mol. The van der Waals surface area contributed by atoms with Crippen molar-refractivity contribution in [2.45, 2.75) is 13.3 Å². The summed E-state index contributed by atoms with van der Waals surface area (Å²) in [5.41, 5.74) is 0.497. The SMILES string of the molecule is Cc1cc(NC(=O)c2coc3c2C(=O)NCC3)no1. The fraction of sp³-hybridized carbons (Fsp3) is 0.250. The van der Waals surface area contributed by atoms with Gasteiger partial charge < -0.3 is 19.6 Å². The van der Waals surface area contributed by atoms with Gasteiger partial charge in [-0.3, -0.25) is 9.59 Å². The van der Waals surface area contributed by atoms with E-state index in [9.17, 15) is 9.59 Å². The van der Waals surface area contributed by atoms with Gasteiger partial charge in [-0.1, -0.05) is 5.16 Å². The third-order valence-electron chi connectivity index (χ3n) is 2.85. The Labute approximate surface area is 107 Å². The molecule has 1 aliphatic rings. The van der Waals surface area contributed by atoms with Gasteiger partial charge in [0.1, 0.15) is 17.8 Å². The first-order chi connectivity index (χ1) is 9.15. The number of amides is 2. The highest BCUT2D eigenvalue weighted by Gasteiger charge is 2.28. The van der Waals surface area contributed by atoms with E-state index in [4.69, 9.17) is 8.94 Å². The Kier molecular flexibility index (Phi) is 2.59. The van der Waals surface area contributed by atoms with Gasteiger partial charge in [0, 0.05) is 19.0 Å². The molecular formula is C12H11N3O4. The summed E-state index contributed by atoms with van der Waals surface area (Å²) < 4.78 is 10.1. The minimum atomic E-state index is -0.449. The molecule has 2 aromatic heterocycles. The van der Waals surface area contributed by atoms with Crippen molar-refractivity contribution in [3.05, 3.63) is 35.0 Å². The molecule has 0 radical (unpaired) electrons. The van der Waals surface area contributed by atoms with Gasteiger partial charge in [-0.05, 0) is 6.92 Å². The highest BCUT2D eigenvalue weighted by atomic mass is 16.5. The van der Waals surface area contributed by atoms with E-state index in [0.717, 1.165) is 0 Å². The number of rotatable bonds is 2. The van der Waals surface area contributed by atoms with Crippen LogP contribution in [0.4, 0.5) is 5.82 Å². The molecule has 0 aromatic carbocycles. The molecule has 0 unspecified atom stereocenters. The summed E-state index contributed by atoms with van der Waals surface area (Å²) in [5.74, 6) is 0.674. The Morgan fingerprint density at radius 3 is 3.11 bits per heavy atom. The van der Waals surface area contributed by atoms with E-state index in [0.29, 0.717) is 35.9 Å². The van der Waals surface area contributed by atoms with E-state index < -0.39 is 5.91 Å². The van der Waals surface area contributed by atoms with Crippen molar-refractivity contribution in [3.63, 3.8) is 0 Å². The van der Waals surface area contributed by atoms with Gasteiger partial charge in [0.15, 0.2) is 5.82 Å². The van der Waals surface area contributed by atoms with Crippen LogP contribution < -0.4 is 10.6 Å². The summed E-state index contributed by atoms with van der Waals surface area (Å²) in [4.78, 5) is 23.8. The number of nitrogens with one attached hydrogen (secondary N) is 2. The molecule has 0 spiro atoms. The molecule has 3 heterocycles. The number of hydrogen-bond donors (Lipinski definition) is 2. The maximum absolute atomic E-state index is 12.1. The fourth-order valence-corrected chi connectivity index (χ4v) is 1.98. The number of anilines is 1. The van der Waals surface area contributed by atoms with Crippen molar-refractivity contribution in [1.29, 1.82) is 0 Å². The lowest BCUT2D eigenvalue weighted by Crippen LogP contribution is -2.32. The first-order valence-electron chi connectivity index (χ1n) is 5.78. The average Bonchev–Trinajstić information content (AvgIpc) is 2.96. The molecule has 0 saturated heterocycles. The summed E-state index contributed by atoms with van der Waals surface area (Å²) in [7, 11) is 0. The molecule has 0 aliphatic carbocycles. The monoisotopic (exact) mass is 261 g/mol. The third-order valence-corrected chi connectivity index (χ3v) is 2.85. The van der Waals surface area contributed by atoms with Crippen molar-refractivity contribution < 1.29 is 18.5 Å². The summed E-state index contributed by atoms with van der Waals surface area (Å²) in [6, 6.07) is 1.59. The second-order valence-corrected chi connectivity index (χ2v) is 4.23. The minimum Gasteiger partial charge on any atom is -0.468 e. The Balaban J connectivity index is 1.88. The first-order valence-corrected chi connectivity index (χ1v) is 5.78. The van der Waals surface area contributed by atoms with Crippen LogP contribution >= 0.6 is 0 Å². The van der Waals surface area contributed by atoms with Crippen LogP contribution in [0.15, 0.2) is 21.3 Å². The lowest BCUT2D eigenvalue weighted by molar-refractivity contribution is 0.0931. The van der Waals surface area contributed by atoms with Crippen LogP contribution in [-0.2, 0) is 6.42 Å². The van der Waals surface area contributed by atoms with E-state index in [1.54, 1.807) is 13.0 Å². The summed E-state index contributed by atoms with van der Waals surface area (Å²) in [6.07, 6.45) is 1.87. The van der Waals surface area contributed by atoms with Crippen molar-refractivity contribution in [2.24, 2.45) is 0 Å². The van der Waals surface area contributed by atoms with Gasteiger partial charge in [0.25, 0.3) is 11.8 Å². The molecule has 7 heteroatoms. The number of aromatic nitrogens is 1. The normalized spacial score (nSPS) is 13.8. The summed E-state index contributed by atoms with van der Waals surface area (Å²) in [5, 5.41) is 8.89. The molecule has 98 valence electrons. The summed E-state index contributed by atoms with van der Waals surface area (Å²) >= 11 is 0. The zero-order valence-corrected chi connectivity index (χ0v) is 10.1. The quantitative estimate of drug-likeness (QED) is 0.844.